The molecule has 43 heavy (non-hydrogen) atoms. The molecule has 1 unspecified atom stereocenters. The van der Waals surface area contributed by atoms with E-state index in [-0.39, 0.29) is 23.8 Å². The van der Waals surface area contributed by atoms with Crippen LogP contribution in [0.2, 0.25) is 0 Å². The molecule has 0 radical (unpaired) electrons. The molecule has 4 aromatic carbocycles. The zero-order chi connectivity index (χ0) is 29.8. The van der Waals surface area contributed by atoms with E-state index in [2.05, 4.69) is 5.32 Å². The molecule has 4 aromatic rings. The van der Waals surface area contributed by atoms with E-state index >= 15 is 0 Å². The van der Waals surface area contributed by atoms with Crippen molar-refractivity contribution in [1.82, 2.24) is 10.2 Å². The summed E-state index contributed by atoms with van der Waals surface area (Å²) in [5.74, 6) is -1.24. The monoisotopic (exact) mass is 608 g/mol. The van der Waals surface area contributed by atoms with Crippen molar-refractivity contribution >= 4 is 40.3 Å². The highest BCUT2D eigenvalue weighted by molar-refractivity contribution is 8.01. The molecule has 1 fully saturated rings. The first kappa shape index (κ1) is 28.6. The summed E-state index contributed by atoms with van der Waals surface area (Å²) in [5, 5.41) is 2.31. The smallest absolute Gasteiger partial charge is 0.357 e. The predicted octanol–water partition coefficient (Wildman–Crippen LogP) is 4.98. The molecule has 2 heterocycles. The highest BCUT2D eigenvalue weighted by Crippen LogP contribution is 2.43. The van der Waals surface area contributed by atoms with Gasteiger partial charge in [0.15, 0.2) is 6.10 Å². The number of β-lactam (4-membered cyclic amide) rings is 1. The Morgan fingerprint density at radius 3 is 1.95 bits per heavy atom. The van der Waals surface area contributed by atoms with Gasteiger partial charge < -0.3 is 10.1 Å². The number of hydrogen-bond donors (Lipinski definition) is 1. The van der Waals surface area contributed by atoms with Gasteiger partial charge in [-0.1, -0.05) is 109 Å². The van der Waals surface area contributed by atoms with Gasteiger partial charge in [-0.3, -0.25) is 14.5 Å². The van der Waals surface area contributed by atoms with Gasteiger partial charge >= 0.3 is 5.97 Å². The van der Waals surface area contributed by atoms with E-state index < -0.39 is 40.2 Å². The lowest BCUT2D eigenvalue weighted by Crippen LogP contribution is -2.70. The van der Waals surface area contributed by atoms with Crippen molar-refractivity contribution in [2.24, 2.45) is 0 Å². The van der Waals surface area contributed by atoms with Crippen LogP contribution in [0, 0.1) is 0 Å². The van der Waals surface area contributed by atoms with Crippen LogP contribution in [0.1, 0.15) is 22.8 Å². The van der Waals surface area contributed by atoms with Gasteiger partial charge in [0.2, 0.25) is 5.91 Å². The Hall–Kier alpha value is -4.47. The average Bonchev–Trinajstić information content (AvgIpc) is 3.06. The molecule has 1 N–H and O–H groups in total. The van der Waals surface area contributed by atoms with Gasteiger partial charge in [-0.15, -0.1) is 11.8 Å². The number of carbonyl (C=O) groups is 3. The molecule has 3 atom stereocenters. The first-order chi connectivity index (χ1) is 21.0. The van der Waals surface area contributed by atoms with E-state index in [0.29, 0.717) is 9.80 Å². The molecule has 0 aromatic heterocycles. The van der Waals surface area contributed by atoms with Gasteiger partial charge in [0, 0.05) is 10.6 Å². The number of rotatable bonds is 9. The molecule has 7 nitrogen and oxygen atoms in total. The van der Waals surface area contributed by atoms with E-state index in [4.69, 9.17) is 4.74 Å². The number of benzene rings is 4. The second-order valence-corrected chi connectivity index (χ2v) is 12.7. The number of ether oxygens (including phenoxy) is 1. The standard InChI is InChI=1S/C34H28N2O5S2/c37-28(21-23-13-5-1-6-14-23)35-29-32(38)36-30(27(22-42-33(29)36)43(40)26-19-11-4-12-20-26)34(39)41-31(24-15-7-2-8-16-24)25-17-9-3-10-18-25/h1-20,29,31,33H,21-22H2,(H,35,37)/t29-,33+,43?/m1/s1. The minimum Gasteiger partial charge on any atom is -0.448 e. The maximum absolute atomic E-state index is 14.1. The number of fused-ring (bicyclic) bond motifs is 1. The van der Waals surface area contributed by atoms with Crippen LogP contribution in [-0.4, -0.2) is 44.1 Å². The van der Waals surface area contributed by atoms with Crippen molar-refractivity contribution in [3.63, 3.8) is 0 Å². The second-order valence-electron chi connectivity index (χ2n) is 10.1. The van der Waals surface area contributed by atoms with Gasteiger partial charge in [-0.05, 0) is 28.8 Å². The van der Waals surface area contributed by atoms with Crippen LogP contribution in [0.3, 0.4) is 0 Å². The van der Waals surface area contributed by atoms with Crippen LogP contribution in [0.5, 0.6) is 0 Å². The number of esters is 1. The van der Waals surface area contributed by atoms with Gasteiger partial charge in [-0.25, -0.2) is 9.00 Å². The number of thioether (sulfide) groups is 1. The summed E-state index contributed by atoms with van der Waals surface area (Å²) in [5.41, 5.74) is 2.33. The number of nitrogens with zero attached hydrogens (tertiary/aromatic N) is 1. The summed E-state index contributed by atoms with van der Waals surface area (Å²) in [6.07, 6.45) is -0.620. The lowest BCUT2D eigenvalue weighted by Gasteiger charge is -2.49. The van der Waals surface area contributed by atoms with E-state index in [1.165, 1.54) is 16.7 Å². The van der Waals surface area contributed by atoms with E-state index in [9.17, 15) is 18.6 Å². The number of hydrogen-bond acceptors (Lipinski definition) is 6. The molecule has 2 amide bonds. The van der Waals surface area contributed by atoms with Crippen LogP contribution < -0.4 is 5.32 Å². The Bertz CT molecular complexity index is 1640. The largest absolute Gasteiger partial charge is 0.448 e. The maximum atomic E-state index is 14.1. The SMILES string of the molecule is O=C(Cc1ccccc1)N[C@@H]1C(=O)N2C(C(=O)OC(c3ccccc3)c3ccccc3)=C(S(=O)c3ccccc3)CS[C@@H]12. The fourth-order valence-electron chi connectivity index (χ4n) is 5.16. The third-order valence-corrected chi connectivity index (χ3v) is 10.2. The summed E-state index contributed by atoms with van der Waals surface area (Å²) < 4.78 is 20.0. The molecule has 0 saturated carbocycles. The zero-order valence-corrected chi connectivity index (χ0v) is 24.6. The highest BCUT2D eigenvalue weighted by atomic mass is 32.2. The Kier molecular flexibility index (Phi) is 8.53. The number of carbonyl (C=O) groups excluding carboxylic acids is 3. The zero-order valence-electron chi connectivity index (χ0n) is 23.0. The summed E-state index contributed by atoms with van der Waals surface area (Å²) >= 11 is 1.37. The van der Waals surface area contributed by atoms with Crippen molar-refractivity contribution < 1.29 is 23.3 Å². The summed E-state index contributed by atoms with van der Waals surface area (Å²) in [7, 11) is -1.71. The first-order valence-corrected chi connectivity index (χ1v) is 16.0. The lowest BCUT2D eigenvalue weighted by atomic mass is 10.0. The number of amides is 2. The van der Waals surface area contributed by atoms with Gasteiger partial charge in [0.25, 0.3) is 5.91 Å². The van der Waals surface area contributed by atoms with Crippen LogP contribution in [-0.2, 0) is 36.3 Å². The molecule has 0 spiro atoms. The van der Waals surface area contributed by atoms with Crippen LogP contribution in [0.25, 0.3) is 0 Å². The molecule has 2 aliphatic rings. The fraction of sp³-hybridized carbons (Fsp3) is 0.147. The van der Waals surface area contributed by atoms with Gasteiger partial charge in [-0.2, -0.15) is 0 Å². The third kappa shape index (κ3) is 6.04. The minimum atomic E-state index is -1.71. The average molecular weight is 609 g/mol. The second kappa shape index (κ2) is 12.8. The summed E-state index contributed by atoms with van der Waals surface area (Å²) in [6, 6.07) is 36.0. The Morgan fingerprint density at radius 2 is 1.37 bits per heavy atom. The maximum Gasteiger partial charge on any atom is 0.357 e. The topological polar surface area (TPSA) is 92.8 Å². The normalized spacial score (nSPS) is 18.4. The molecular weight excluding hydrogens is 581 g/mol. The van der Waals surface area contributed by atoms with E-state index in [0.717, 1.165) is 16.7 Å². The number of nitrogens with one attached hydrogen (secondary N) is 1. The van der Waals surface area contributed by atoms with Crippen molar-refractivity contribution in [1.29, 1.82) is 0 Å². The molecular formula is C34H28N2O5S2. The Labute approximate surface area is 256 Å². The van der Waals surface area contributed by atoms with Gasteiger partial charge in [0.05, 0.1) is 22.1 Å². The molecule has 0 bridgehead atoms. The van der Waals surface area contributed by atoms with Crippen LogP contribution >= 0.6 is 11.8 Å². The molecule has 6 rings (SSSR count). The predicted molar refractivity (Wildman–Crippen MR) is 166 cm³/mol. The summed E-state index contributed by atoms with van der Waals surface area (Å²) in [4.78, 5) is 42.7. The van der Waals surface area contributed by atoms with E-state index in [1.54, 1.807) is 24.3 Å². The van der Waals surface area contributed by atoms with Crippen molar-refractivity contribution in [3.8, 4) is 0 Å². The minimum absolute atomic E-state index is 0.0265. The highest BCUT2D eigenvalue weighted by Gasteiger charge is 2.55. The van der Waals surface area contributed by atoms with Crippen LogP contribution in [0.15, 0.2) is 137 Å². The fourth-order valence-corrected chi connectivity index (χ4v) is 8.03. The summed E-state index contributed by atoms with van der Waals surface area (Å²) in [6.45, 7) is 0. The molecule has 1 saturated heterocycles. The van der Waals surface area contributed by atoms with E-state index in [1.807, 2.05) is 97.1 Å². The van der Waals surface area contributed by atoms with Gasteiger partial charge in [0.1, 0.15) is 17.1 Å². The van der Waals surface area contributed by atoms with Crippen molar-refractivity contribution in [2.75, 3.05) is 5.75 Å². The van der Waals surface area contributed by atoms with Crippen molar-refractivity contribution in [3.05, 3.63) is 149 Å². The Morgan fingerprint density at radius 1 is 0.837 bits per heavy atom. The Balaban J connectivity index is 1.31. The van der Waals surface area contributed by atoms with Crippen LogP contribution in [0.4, 0.5) is 0 Å². The lowest BCUT2D eigenvalue weighted by molar-refractivity contribution is -0.154. The molecule has 0 aliphatic carbocycles. The molecule has 216 valence electrons. The molecule has 2 aliphatic heterocycles. The first-order valence-electron chi connectivity index (χ1n) is 13.8. The quantitative estimate of drug-likeness (QED) is 0.213. The third-order valence-electron chi connectivity index (χ3n) is 7.26. The van der Waals surface area contributed by atoms with Crippen molar-refractivity contribution in [2.45, 2.75) is 28.8 Å². The molecule has 9 heteroatoms.